The number of carbonyl (C=O) groups is 2. The zero-order valence-electron chi connectivity index (χ0n) is 13.7. The number of hydrogen-bond donors (Lipinski definition) is 4. The molecule has 3 aliphatic rings. The largest absolute Gasteiger partial charge is 0.506 e. The summed E-state index contributed by atoms with van der Waals surface area (Å²) in [7, 11) is 0. The second kappa shape index (κ2) is 7.93. The van der Waals surface area contributed by atoms with E-state index in [-0.39, 0.29) is 24.2 Å². The van der Waals surface area contributed by atoms with E-state index in [2.05, 4.69) is 52.3 Å². The third-order valence-electron chi connectivity index (χ3n) is 4.91. The lowest BCUT2D eigenvalue weighted by Gasteiger charge is -2.44. The van der Waals surface area contributed by atoms with Crippen molar-refractivity contribution in [3.8, 4) is 5.75 Å². The second-order valence-electron chi connectivity index (χ2n) is 6.33. The van der Waals surface area contributed by atoms with Crippen LogP contribution in [-0.2, 0) is 4.79 Å². The molecule has 4 heterocycles. The molecule has 4 N–H and O–H groups in total. The van der Waals surface area contributed by atoms with Crippen LogP contribution in [0.5, 0.6) is 5.75 Å². The van der Waals surface area contributed by atoms with Crippen LogP contribution in [0.25, 0.3) is 10.9 Å². The Bertz CT molecular complexity index is 833. The Morgan fingerprint density at radius 2 is 2.00 bits per heavy atom. The number of carbonyl (C=O) groups excluding carboxylic acids is 1. The molecular weight excluding hydrogens is 472 g/mol. The van der Waals surface area contributed by atoms with E-state index in [1.54, 1.807) is 6.07 Å². The van der Waals surface area contributed by atoms with Crippen LogP contribution in [0.4, 0.5) is 0 Å². The van der Waals surface area contributed by atoms with Crippen molar-refractivity contribution in [2.75, 3.05) is 19.6 Å². The second-order valence-corrected chi connectivity index (χ2v) is 8.04. The maximum atomic E-state index is 12.7. The summed E-state index contributed by atoms with van der Waals surface area (Å²) in [5.41, 5.74) is 0.848. The Labute approximate surface area is 166 Å². The summed E-state index contributed by atoms with van der Waals surface area (Å²) in [4.78, 5) is 23.4. The molecule has 2 bridgehead atoms. The summed E-state index contributed by atoms with van der Waals surface area (Å²) in [5, 5.41) is 27.7. The molecule has 2 aromatic rings. The summed E-state index contributed by atoms with van der Waals surface area (Å²) in [6.45, 7) is 2.91. The molecule has 3 saturated heterocycles. The third-order valence-corrected chi connectivity index (χ3v) is 6.12. The molecule has 0 unspecified atom stereocenters. The highest BCUT2D eigenvalue weighted by molar-refractivity contribution is 9.11. The number of phenols is 1. The summed E-state index contributed by atoms with van der Waals surface area (Å²) in [6.07, 6.45) is 2.27. The van der Waals surface area contributed by atoms with E-state index in [1.807, 2.05) is 0 Å². The van der Waals surface area contributed by atoms with Crippen LogP contribution in [0.3, 0.4) is 0 Å². The molecule has 5 rings (SSSR count). The number of aromatic nitrogens is 2. The monoisotopic (exact) mass is 488 g/mol. The fourth-order valence-electron chi connectivity index (χ4n) is 3.65. The third kappa shape index (κ3) is 3.58. The van der Waals surface area contributed by atoms with E-state index >= 15 is 0 Å². The lowest BCUT2D eigenvalue weighted by atomic mass is 9.84. The molecule has 3 aliphatic heterocycles. The first-order chi connectivity index (χ1) is 12.5. The number of rotatable bonds is 2. The average Bonchev–Trinajstić information content (AvgIpc) is 3.07. The maximum absolute atomic E-state index is 12.7. The van der Waals surface area contributed by atoms with Gasteiger partial charge >= 0.3 is 0 Å². The van der Waals surface area contributed by atoms with Crippen molar-refractivity contribution in [1.29, 1.82) is 0 Å². The zero-order chi connectivity index (χ0) is 18.8. The Hall–Kier alpha value is -1.65. The van der Waals surface area contributed by atoms with Gasteiger partial charge in [-0.25, -0.2) is 0 Å². The maximum Gasteiger partial charge on any atom is 0.290 e. The van der Waals surface area contributed by atoms with Crippen molar-refractivity contribution in [1.82, 2.24) is 20.4 Å². The van der Waals surface area contributed by atoms with Crippen LogP contribution in [0, 0.1) is 5.92 Å². The molecule has 10 heteroatoms. The van der Waals surface area contributed by atoms with E-state index in [4.69, 9.17) is 9.90 Å². The Morgan fingerprint density at radius 3 is 2.58 bits per heavy atom. The Morgan fingerprint density at radius 1 is 1.35 bits per heavy atom. The number of benzene rings is 1. The molecule has 1 aromatic carbocycles. The van der Waals surface area contributed by atoms with Gasteiger partial charge in [0.25, 0.3) is 12.4 Å². The highest BCUT2D eigenvalue weighted by Crippen LogP contribution is 2.38. The minimum Gasteiger partial charge on any atom is -0.506 e. The molecule has 0 saturated carbocycles. The molecular formula is C16H18Br2N4O4. The summed E-state index contributed by atoms with van der Waals surface area (Å²) < 4.78 is 1.24. The van der Waals surface area contributed by atoms with Gasteiger partial charge in [0.05, 0.1) is 9.86 Å². The summed E-state index contributed by atoms with van der Waals surface area (Å²) >= 11 is 6.71. The first-order valence-electron chi connectivity index (χ1n) is 8.12. The number of fused-ring (bicyclic) bond motifs is 4. The van der Waals surface area contributed by atoms with Gasteiger partial charge in [-0.05, 0) is 69.8 Å². The first-order valence-corrected chi connectivity index (χ1v) is 9.71. The van der Waals surface area contributed by atoms with Gasteiger partial charge in [-0.3, -0.25) is 14.7 Å². The fraction of sp³-hybridized carbons (Fsp3) is 0.438. The molecule has 26 heavy (non-hydrogen) atoms. The van der Waals surface area contributed by atoms with Crippen LogP contribution >= 0.6 is 31.9 Å². The SMILES string of the molecule is O=C(N[C@@H]1CN2CCC1CC2)c1[nH]nc2c(Br)cc(Br)c(O)c12.O=CO. The van der Waals surface area contributed by atoms with Crippen molar-refractivity contribution in [2.45, 2.75) is 18.9 Å². The molecule has 1 amide bonds. The van der Waals surface area contributed by atoms with Gasteiger partial charge < -0.3 is 20.4 Å². The topological polar surface area (TPSA) is 119 Å². The van der Waals surface area contributed by atoms with Gasteiger partial charge in [-0.1, -0.05) is 0 Å². The van der Waals surface area contributed by atoms with E-state index in [0.717, 1.165) is 36.9 Å². The smallest absolute Gasteiger partial charge is 0.290 e. The molecule has 0 radical (unpaired) electrons. The van der Waals surface area contributed by atoms with E-state index in [9.17, 15) is 9.90 Å². The number of piperidine rings is 3. The predicted molar refractivity (Wildman–Crippen MR) is 102 cm³/mol. The van der Waals surface area contributed by atoms with Crippen LogP contribution in [0.1, 0.15) is 23.3 Å². The average molecular weight is 490 g/mol. The number of nitrogens with zero attached hydrogens (tertiary/aromatic N) is 2. The van der Waals surface area contributed by atoms with Gasteiger partial charge in [0, 0.05) is 17.1 Å². The number of carboxylic acid groups (broad SMARTS) is 1. The van der Waals surface area contributed by atoms with Crippen LogP contribution in [0.15, 0.2) is 15.0 Å². The number of H-pyrrole nitrogens is 1. The number of halogens is 2. The van der Waals surface area contributed by atoms with Gasteiger partial charge in [0.1, 0.15) is 17.0 Å². The highest BCUT2D eigenvalue weighted by atomic mass is 79.9. The molecule has 140 valence electrons. The van der Waals surface area contributed by atoms with Crippen LogP contribution in [-0.4, -0.2) is 63.4 Å². The van der Waals surface area contributed by atoms with Crippen molar-refractivity contribution in [2.24, 2.45) is 5.92 Å². The Balaban J connectivity index is 0.000000613. The molecule has 0 spiro atoms. The molecule has 0 aliphatic carbocycles. The Kier molecular flexibility index (Phi) is 5.83. The van der Waals surface area contributed by atoms with Crippen molar-refractivity contribution in [3.05, 3.63) is 20.7 Å². The van der Waals surface area contributed by atoms with Gasteiger partial charge in [0.15, 0.2) is 0 Å². The normalized spacial score (nSPS) is 24.0. The standard InChI is InChI=1S/C15H16Br2N4O2.CH2O2/c16-8-5-9(17)14(22)11-12(8)19-20-13(11)15(23)18-10-6-21-3-1-7(10)2-4-21;2-1-3/h5,7,10,22H,1-4,6H2,(H,18,23)(H,19,20);1H,(H,2,3)/t10-;/m1./s1. The predicted octanol–water partition coefficient (Wildman–Crippen LogP) is 2.32. The minimum atomic E-state index is -0.250. The van der Waals surface area contributed by atoms with Crippen LogP contribution in [0.2, 0.25) is 0 Å². The quantitative estimate of drug-likeness (QED) is 0.481. The van der Waals surface area contributed by atoms with Crippen molar-refractivity contribution >= 4 is 55.1 Å². The highest BCUT2D eigenvalue weighted by Gasteiger charge is 2.35. The number of aromatic amines is 1. The number of hydrogen-bond acceptors (Lipinski definition) is 5. The van der Waals surface area contributed by atoms with Gasteiger partial charge in [-0.15, -0.1) is 0 Å². The van der Waals surface area contributed by atoms with Crippen molar-refractivity contribution < 1.29 is 19.8 Å². The lowest BCUT2D eigenvalue weighted by molar-refractivity contribution is -0.122. The van der Waals surface area contributed by atoms with E-state index in [1.165, 1.54) is 0 Å². The number of amides is 1. The summed E-state index contributed by atoms with van der Waals surface area (Å²) in [5.74, 6) is 0.354. The molecule has 3 fully saturated rings. The van der Waals surface area contributed by atoms with Gasteiger partial charge in [-0.2, -0.15) is 5.10 Å². The molecule has 1 aromatic heterocycles. The fourth-order valence-corrected chi connectivity index (χ4v) is 4.90. The minimum absolute atomic E-state index is 0.0241. The number of aromatic hydroxyl groups is 1. The van der Waals surface area contributed by atoms with Crippen LogP contribution < -0.4 is 5.32 Å². The number of phenolic OH excluding ortho intramolecular Hbond substituents is 1. The zero-order valence-corrected chi connectivity index (χ0v) is 16.9. The molecule has 8 nitrogen and oxygen atoms in total. The lowest BCUT2D eigenvalue weighted by Crippen LogP contribution is -2.57. The number of nitrogens with one attached hydrogen (secondary N) is 2. The van der Waals surface area contributed by atoms with Gasteiger partial charge in [0.2, 0.25) is 0 Å². The molecule has 1 atom stereocenters. The van der Waals surface area contributed by atoms with E-state index < -0.39 is 0 Å². The summed E-state index contributed by atoms with van der Waals surface area (Å²) in [6, 6.07) is 1.88. The van der Waals surface area contributed by atoms with Crippen molar-refractivity contribution in [3.63, 3.8) is 0 Å². The first kappa shape index (κ1) is 19.1. The van der Waals surface area contributed by atoms with E-state index in [0.29, 0.717) is 27.0 Å².